The quantitative estimate of drug-likeness (QED) is 0.569. The summed E-state index contributed by atoms with van der Waals surface area (Å²) in [6.07, 6.45) is 0. The van der Waals surface area contributed by atoms with Crippen molar-refractivity contribution in [1.29, 1.82) is 0 Å². The maximum atomic E-state index is 13.1. The summed E-state index contributed by atoms with van der Waals surface area (Å²) in [5.41, 5.74) is 4.27. The number of aromatic nitrogens is 2. The van der Waals surface area contributed by atoms with Crippen LogP contribution >= 0.6 is 0 Å². The zero-order valence-corrected chi connectivity index (χ0v) is 16.9. The third kappa shape index (κ3) is 5.79. The normalized spacial score (nSPS) is 11.7. The average molecular weight is 375 g/mol. The van der Waals surface area contributed by atoms with Crippen molar-refractivity contribution in [3.8, 4) is 0 Å². The minimum Gasteiger partial charge on any atom is -0.383 e. The fourth-order valence-corrected chi connectivity index (χ4v) is 2.92. The zero-order chi connectivity index (χ0) is 19.8. The van der Waals surface area contributed by atoms with Crippen LogP contribution in [-0.2, 0) is 24.4 Å². The number of hydrogen-bond donors (Lipinski definition) is 1. The molecule has 6 nitrogen and oxygen atoms in total. The summed E-state index contributed by atoms with van der Waals surface area (Å²) in [5, 5.41) is 7.91. The van der Waals surface area contributed by atoms with Crippen molar-refractivity contribution in [3.05, 3.63) is 52.6 Å². The molecule has 0 atom stereocenters. The predicted octanol–water partition coefficient (Wildman–Crippen LogP) is 2.88. The molecule has 1 heterocycles. The molecular weight excluding hydrogens is 345 g/mol. The number of hydrogen-bond acceptors (Lipinski definition) is 3. The van der Waals surface area contributed by atoms with E-state index < -0.39 is 0 Å². The Morgan fingerprint density at radius 3 is 2.63 bits per heavy atom. The third-order valence-corrected chi connectivity index (χ3v) is 4.45. The van der Waals surface area contributed by atoms with E-state index in [9.17, 15) is 4.39 Å². The Kier molecular flexibility index (Phi) is 7.79. The van der Waals surface area contributed by atoms with Crippen LogP contribution in [0.15, 0.2) is 29.3 Å². The first-order valence-corrected chi connectivity index (χ1v) is 9.22. The maximum Gasteiger partial charge on any atom is 0.194 e. The van der Waals surface area contributed by atoms with Crippen LogP contribution in [-0.4, -0.2) is 47.9 Å². The molecule has 1 N–H and O–H groups in total. The molecule has 27 heavy (non-hydrogen) atoms. The summed E-state index contributed by atoms with van der Waals surface area (Å²) in [7, 11) is 3.67. The number of aliphatic imine (C=N–C) groups is 1. The van der Waals surface area contributed by atoms with E-state index in [1.807, 2.05) is 30.5 Å². The van der Waals surface area contributed by atoms with Gasteiger partial charge in [0, 0.05) is 38.5 Å². The van der Waals surface area contributed by atoms with Gasteiger partial charge in [0.2, 0.25) is 0 Å². The Balaban J connectivity index is 2.12. The second kappa shape index (κ2) is 10.1. The number of ether oxygens (including phenoxy) is 1. The van der Waals surface area contributed by atoms with Crippen molar-refractivity contribution in [2.24, 2.45) is 4.99 Å². The zero-order valence-electron chi connectivity index (χ0n) is 16.9. The minimum atomic E-state index is -0.224. The van der Waals surface area contributed by atoms with Crippen LogP contribution in [0.1, 0.15) is 29.4 Å². The molecule has 2 rings (SSSR count). The number of benzene rings is 1. The topological polar surface area (TPSA) is 54.7 Å². The van der Waals surface area contributed by atoms with Crippen LogP contribution in [0.5, 0.6) is 0 Å². The number of halogens is 1. The van der Waals surface area contributed by atoms with Crippen LogP contribution in [0.3, 0.4) is 0 Å². The van der Waals surface area contributed by atoms with E-state index in [1.54, 1.807) is 19.2 Å². The van der Waals surface area contributed by atoms with E-state index in [0.717, 1.165) is 41.6 Å². The SMILES string of the molecule is CCNC(=NCc1c(C)nn(CCOC)c1C)N(C)Cc1ccc(F)cc1. The largest absolute Gasteiger partial charge is 0.383 e. The highest BCUT2D eigenvalue weighted by Gasteiger charge is 2.12. The first-order chi connectivity index (χ1) is 13.0. The first-order valence-electron chi connectivity index (χ1n) is 9.22. The van der Waals surface area contributed by atoms with Gasteiger partial charge in [0.15, 0.2) is 5.96 Å². The highest BCUT2D eigenvalue weighted by Crippen LogP contribution is 2.15. The molecule has 0 bridgehead atoms. The van der Waals surface area contributed by atoms with Gasteiger partial charge >= 0.3 is 0 Å². The summed E-state index contributed by atoms with van der Waals surface area (Å²) >= 11 is 0. The standard InChI is InChI=1S/C20H30FN5O/c1-6-22-20(25(4)14-17-7-9-18(21)10-8-17)23-13-19-15(2)24-26(16(19)3)11-12-27-5/h7-10H,6,11-14H2,1-5H3,(H,22,23). The third-order valence-electron chi connectivity index (χ3n) is 4.45. The molecule has 1 aromatic heterocycles. The number of nitrogens with zero attached hydrogens (tertiary/aromatic N) is 4. The fourth-order valence-electron chi connectivity index (χ4n) is 2.92. The number of aryl methyl sites for hydroxylation is 1. The maximum absolute atomic E-state index is 13.1. The van der Waals surface area contributed by atoms with E-state index in [4.69, 9.17) is 9.73 Å². The van der Waals surface area contributed by atoms with Crippen molar-refractivity contribution < 1.29 is 9.13 Å². The predicted molar refractivity (Wildman–Crippen MR) is 106 cm³/mol. The lowest BCUT2D eigenvalue weighted by atomic mass is 10.2. The molecular formula is C20H30FN5O. The van der Waals surface area contributed by atoms with Crippen molar-refractivity contribution >= 4 is 5.96 Å². The second-order valence-corrected chi connectivity index (χ2v) is 6.52. The molecule has 0 saturated heterocycles. The molecule has 0 aliphatic carbocycles. The molecule has 7 heteroatoms. The lowest BCUT2D eigenvalue weighted by Crippen LogP contribution is -2.38. The van der Waals surface area contributed by atoms with Crippen LogP contribution in [0, 0.1) is 19.7 Å². The summed E-state index contributed by atoms with van der Waals surface area (Å²) in [5.74, 6) is 0.587. The van der Waals surface area contributed by atoms with Gasteiger partial charge in [-0.05, 0) is 38.5 Å². The lowest BCUT2D eigenvalue weighted by molar-refractivity contribution is 0.182. The van der Waals surface area contributed by atoms with E-state index in [2.05, 4.69) is 17.3 Å². The Bertz CT molecular complexity index is 754. The molecule has 2 aromatic rings. The number of rotatable bonds is 8. The molecule has 0 radical (unpaired) electrons. The summed E-state index contributed by atoms with van der Waals surface area (Å²) in [6, 6.07) is 6.55. The molecule has 0 saturated carbocycles. The molecule has 0 unspecified atom stereocenters. The summed E-state index contributed by atoms with van der Waals surface area (Å²) in [6.45, 7) is 9.47. The van der Waals surface area contributed by atoms with E-state index in [0.29, 0.717) is 19.7 Å². The van der Waals surface area contributed by atoms with Crippen molar-refractivity contribution in [2.75, 3.05) is 27.3 Å². The average Bonchev–Trinajstić information content (AvgIpc) is 2.92. The summed E-state index contributed by atoms with van der Waals surface area (Å²) in [4.78, 5) is 6.82. The fraction of sp³-hybridized carbons (Fsp3) is 0.500. The molecule has 0 aliphatic rings. The van der Waals surface area contributed by atoms with Gasteiger partial charge in [-0.2, -0.15) is 5.10 Å². The van der Waals surface area contributed by atoms with Gasteiger partial charge in [-0.15, -0.1) is 0 Å². The van der Waals surface area contributed by atoms with Crippen LogP contribution in [0.4, 0.5) is 4.39 Å². The Morgan fingerprint density at radius 2 is 2.00 bits per heavy atom. The summed E-state index contributed by atoms with van der Waals surface area (Å²) < 4.78 is 20.2. The second-order valence-electron chi connectivity index (χ2n) is 6.52. The highest BCUT2D eigenvalue weighted by atomic mass is 19.1. The van der Waals surface area contributed by atoms with Crippen molar-refractivity contribution in [2.45, 2.75) is 40.4 Å². The highest BCUT2D eigenvalue weighted by molar-refractivity contribution is 5.79. The van der Waals surface area contributed by atoms with Gasteiger partial charge in [0.1, 0.15) is 5.82 Å². The lowest BCUT2D eigenvalue weighted by Gasteiger charge is -2.22. The van der Waals surface area contributed by atoms with Crippen LogP contribution in [0.25, 0.3) is 0 Å². The van der Waals surface area contributed by atoms with Gasteiger partial charge < -0.3 is 15.0 Å². The Morgan fingerprint density at radius 1 is 1.30 bits per heavy atom. The molecule has 148 valence electrons. The van der Waals surface area contributed by atoms with Gasteiger partial charge in [-0.1, -0.05) is 12.1 Å². The van der Waals surface area contributed by atoms with Gasteiger partial charge in [-0.25, -0.2) is 9.38 Å². The molecule has 0 spiro atoms. The van der Waals surface area contributed by atoms with Gasteiger partial charge in [0.25, 0.3) is 0 Å². The number of nitrogens with one attached hydrogen (secondary N) is 1. The first kappa shape index (κ1) is 20.9. The van der Waals surface area contributed by atoms with E-state index >= 15 is 0 Å². The molecule has 0 fully saturated rings. The monoisotopic (exact) mass is 375 g/mol. The van der Waals surface area contributed by atoms with E-state index in [-0.39, 0.29) is 5.82 Å². The van der Waals surface area contributed by atoms with Crippen molar-refractivity contribution in [1.82, 2.24) is 20.0 Å². The Hall–Kier alpha value is -2.41. The molecule has 1 aromatic carbocycles. The van der Waals surface area contributed by atoms with Gasteiger partial charge in [-0.3, -0.25) is 4.68 Å². The number of methoxy groups -OCH3 is 1. The number of guanidine groups is 1. The van der Waals surface area contributed by atoms with Crippen LogP contribution < -0.4 is 5.32 Å². The Labute approximate surface area is 161 Å². The molecule has 0 amide bonds. The smallest absolute Gasteiger partial charge is 0.194 e. The van der Waals surface area contributed by atoms with Crippen molar-refractivity contribution in [3.63, 3.8) is 0 Å². The molecule has 0 aliphatic heterocycles. The van der Waals surface area contributed by atoms with E-state index in [1.165, 1.54) is 12.1 Å². The minimum absolute atomic E-state index is 0.224. The van der Waals surface area contributed by atoms with Crippen LogP contribution in [0.2, 0.25) is 0 Å². The van der Waals surface area contributed by atoms with Gasteiger partial charge in [0.05, 0.1) is 25.4 Å².